The van der Waals surface area contributed by atoms with E-state index >= 15 is 0 Å². The predicted molar refractivity (Wildman–Crippen MR) is 165 cm³/mol. The van der Waals surface area contributed by atoms with E-state index in [1.807, 2.05) is 75.4 Å². The van der Waals surface area contributed by atoms with Crippen LogP contribution in [0.5, 0.6) is 0 Å². The lowest BCUT2D eigenvalue weighted by molar-refractivity contribution is -0.140. The number of carbonyl (C=O) groups is 2. The molecule has 9 heteroatoms. The quantitative estimate of drug-likeness (QED) is 0.258. The topological polar surface area (TPSA) is 86.8 Å². The Bertz CT molecular complexity index is 1410. The van der Waals surface area contributed by atoms with Gasteiger partial charge in [-0.05, 0) is 60.7 Å². The molecule has 1 atom stereocenters. The van der Waals surface area contributed by atoms with Crippen LogP contribution in [0.1, 0.15) is 42.0 Å². The van der Waals surface area contributed by atoms with Crippen LogP contribution in [-0.2, 0) is 32.6 Å². The first-order valence-corrected chi connectivity index (χ1v) is 16.0. The molecule has 0 fully saturated rings. The van der Waals surface area contributed by atoms with Crippen molar-refractivity contribution >= 4 is 43.5 Å². The molecule has 0 aliphatic rings. The second-order valence-corrected chi connectivity index (χ2v) is 12.8. The van der Waals surface area contributed by atoms with Gasteiger partial charge in [0.2, 0.25) is 21.8 Å². The molecule has 7 nitrogen and oxygen atoms in total. The molecule has 0 aliphatic carbocycles. The zero-order chi connectivity index (χ0) is 29.3. The number of halogens is 1. The second-order valence-electron chi connectivity index (χ2n) is 10.0. The number of carbonyl (C=O) groups excluding carboxylic acids is 2. The van der Waals surface area contributed by atoms with Gasteiger partial charge in [0, 0.05) is 24.0 Å². The molecular weight excluding hydrogens is 590 g/mol. The molecule has 0 aliphatic heterocycles. The molecule has 0 saturated carbocycles. The van der Waals surface area contributed by atoms with E-state index in [-0.39, 0.29) is 12.5 Å². The molecule has 3 rings (SSSR count). The van der Waals surface area contributed by atoms with Crippen molar-refractivity contribution in [1.82, 2.24) is 10.2 Å². The molecular formula is C31H38BrN3O4S. The fourth-order valence-corrected chi connectivity index (χ4v) is 5.52. The fourth-order valence-electron chi connectivity index (χ4n) is 4.43. The monoisotopic (exact) mass is 627 g/mol. The summed E-state index contributed by atoms with van der Waals surface area (Å²) in [7, 11) is -3.81. The molecule has 0 saturated heterocycles. The van der Waals surface area contributed by atoms with Crippen LogP contribution in [0.25, 0.3) is 0 Å². The van der Waals surface area contributed by atoms with Crippen molar-refractivity contribution in [2.24, 2.45) is 0 Å². The Balaban J connectivity index is 2.05. The summed E-state index contributed by atoms with van der Waals surface area (Å²) in [6.07, 6.45) is 3.13. The van der Waals surface area contributed by atoms with Crippen LogP contribution in [0.2, 0.25) is 0 Å². The van der Waals surface area contributed by atoms with E-state index in [1.165, 1.54) is 4.90 Å². The number of hydrogen-bond acceptors (Lipinski definition) is 4. The highest BCUT2D eigenvalue weighted by Gasteiger charge is 2.33. The third kappa shape index (κ3) is 8.66. The van der Waals surface area contributed by atoms with Gasteiger partial charge in [-0.25, -0.2) is 8.42 Å². The summed E-state index contributed by atoms with van der Waals surface area (Å²) in [5.74, 6) is -0.717. The number of nitrogens with zero attached hydrogens (tertiary/aromatic N) is 2. The molecule has 0 heterocycles. The van der Waals surface area contributed by atoms with Crippen LogP contribution in [0, 0.1) is 13.8 Å². The maximum Gasteiger partial charge on any atom is 0.244 e. The van der Waals surface area contributed by atoms with Gasteiger partial charge in [0.15, 0.2) is 0 Å². The van der Waals surface area contributed by atoms with Crippen LogP contribution in [0.15, 0.2) is 77.3 Å². The van der Waals surface area contributed by atoms with Gasteiger partial charge in [0.25, 0.3) is 0 Å². The lowest BCUT2D eigenvalue weighted by Crippen LogP contribution is -2.53. The van der Waals surface area contributed by atoms with Crippen molar-refractivity contribution in [3.05, 3.63) is 99.5 Å². The van der Waals surface area contributed by atoms with Gasteiger partial charge in [0.1, 0.15) is 12.6 Å². The number of rotatable bonds is 13. The number of amides is 2. The van der Waals surface area contributed by atoms with E-state index in [4.69, 9.17) is 0 Å². The maximum atomic E-state index is 14.1. The average Bonchev–Trinajstić information content (AvgIpc) is 2.91. The van der Waals surface area contributed by atoms with Crippen molar-refractivity contribution in [2.45, 2.75) is 52.6 Å². The number of nitrogens with one attached hydrogen (secondary N) is 1. The van der Waals surface area contributed by atoms with Crippen LogP contribution in [0.4, 0.5) is 5.69 Å². The van der Waals surface area contributed by atoms with E-state index in [1.54, 1.807) is 18.2 Å². The van der Waals surface area contributed by atoms with Crippen molar-refractivity contribution in [2.75, 3.05) is 23.7 Å². The standard InChI is InChI=1S/C31H38BrN3O4S/c1-5-6-18-33-31(37)29(20-25-13-8-7-9-14-25)34(21-26-15-11-10-12-23(26)2)30(36)22-35(40(4,38)39)27-16-17-28(32)24(3)19-27/h7-17,19,29H,5-6,18,20-22H2,1-4H3,(H,33,37)/t29-/m0/s1. The highest BCUT2D eigenvalue weighted by molar-refractivity contribution is 9.10. The van der Waals surface area contributed by atoms with E-state index in [0.717, 1.165) is 50.1 Å². The first-order chi connectivity index (χ1) is 19.0. The van der Waals surface area contributed by atoms with Gasteiger partial charge < -0.3 is 10.2 Å². The first-order valence-electron chi connectivity index (χ1n) is 13.4. The van der Waals surface area contributed by atoms with Gasteiger partial charge in [-0.2, -0.15) is 0 Å². The van der Waals surface area contributed by atoms with Crippen LogP contribution < -0.4 is 9.62 Å². The summed E-state index contributed by atoms with van der Waals surface area (Å²) < 4.78 is 27.8. The Morgan fingerprint density at radius 2 is 1.62 bits per heavy atom. The highest BCUT2D eigenvalue weighted by Crippen LogP contribution is 2.25. The van der Waals surface area contributed by atoms with Gasteiger partial charge in [-0.1, -0.05) is 83.9 Å². The normalized spacial score (nSPS) is 12.0. The number of aryl methyl sites for hydroxylation is 2. The maximum absolute atomic E-state index is 14.1. The van der Waals surface area contributed by atoms with Gasteiger partial charge in [-0.15, -0.1) is 0 Å². The average molecular weight is 629 g/mol. The van der Waals surface area contributed by atoms with Crippen LogP contribution >= 0.6 is 15.9 Å². The van der Waals surface area contributed by atoms with E-state index in [9.17, 15) is 18.0 Å². The Morgan fingerprint density at radius 3 is 2.25 bits per heavy atom. The molecule has 1 N–H and O–H groups in total. The largest absolute Gasteiger partial charge is 0.354 e. The van der Waals surface area contributed by atoms with Crippen LogP contribution in [-0.4, -0.2) is 50.5 Å². The SMILES string of the molecule is CCCCNC(=O)[C@H](Cc1ccccc1)N(Cc1ccccc1C)C(=O)CN(c1ccc(Br)c(C)c1)S(C)(=O)=O. The minimum Gasteiger partial charge on any atom is -0.354 e. The van der Waals surface area contributed by atoms with Crippen molar-refractivity contribution in [3.8, 4) is 0 Å². The summed E-state index contributed by atoms with van der Waals surface area (Å²) in [4.78, 5) is 29.3. The number of benzene rings is 3. The zero-order valence-corrected chi connectivity index (χ0v) is 26.0. The van der Waals surface area contributed by atoms with E-state index in [2.05, 4.69) is 21.2 Å². The molecule has 0 aromatic heterocycles. The second kappa shape index (κ2) is 14.5. The van der Waals surface area contributed by atoms with Gasteiger partial charge >= 0.3 is 0 Å². The van der Waals surface area contributed by atoms with Crippen molar-refractivity contribution in [3.63, 3.8) is 0 Å². The fraction of sp³-hybridized carbons (Fsp3) is 0.355. The Kier molecular flexibility index (Phi) is 11.3. The smallest absolute Gasteiger partial charge is 0.244 e. The summed E-state index contributed by atoms with van der Waals surface area (Å²) in [5.41, 5.74) is 4.01. The number of sulfonamides is 1. The summed E-state index contributed by atoms with van der Waals surface area (Å²) in [6.45, 7) is 6.10. The summed E-state index contributed by atoms with van der Waals surface area (Å²) >= 11 is 3.45. The molecule has 0 bridgehead atoms. The lowest BCUT2D eigenvalue weighted by Gasteiger charge is -2.34. The predicted octanol–water partition coefficient (Wildman–Crippen LogP) is 5.39. The minimum absolute atomic E-state index is 0.168. The Hall–Kier alpha value is -3.17. The summed E-state index contributed by atoms with van der Waals surface area (Å²) in [6, 6.07) is 21.6. The molecule has 0 spiro atoms. The van der Waals surface area contributed by atoms with Gasteiger partial charge in [-0.3, -0.25) is 13.9 Å². The molecule has 214 valence electrons. The Morgan fingerprint density at radius 1 is 0.950 bits per heavy atom. The molecule has 0 radical (unpaired) electrons. The molecule has 0 unspecified atom stereocenters. The van der Waals surface area contributed by atoms with Crippen LogP contribution in [0.3, 0.4) is 0 Å². The molecule has 40 heavy (non-hydrogen) atoms. The number of anilines is 1. The van der Waals surface area contributed by atoms with E-state index in [0.29, 0.717) is 18.7 Å². The number of unbranched alkanes of at least 4 members (excludes halogenated alkanes) is 1. The number of hydrogen-bond donors (Lipinski definition) is 1. The molecule has 3 aromatic rings. The van der Waals surface area contributed by atoms with Crippen molar-refractivity contribution < 1.29 is 18.0 Å². The molecule has 3 aromatic carbocycles. The third-order valence-electron chi connectivity index (χ3n) is 6.81. The first kappa shape index (κ1) is 31.4. The minimum atomic E-state index is -3.81. The molecule has 2 amide bonds. The third-order valence-corrected chi connectivity index (χ3v) is 8.84. The Labute approximate surface area is 246 Å². The van der Waals surface area contributed by atoms with Crippen molar-refractivity contribution in [1.29, 1.82) is 0 Å². The highest BCUT2D eigenvalue weighted by atomic mass is 79.9. The summed E-state index contributed by atoms with van der Waals surface area (Å²) in [5, 5.41) is 3.00. The lowest BCUT2D eigenvalue weighted by atomic mass is 10.0. The van der Waals surface area contributed by atoms with E-state index < -0.39 is 28.5 Å². The zero-order valence-electron chi connectivity index (χ0n) is 23.6. The van der Waals surface area contributed by atoms with Gasteiger partial charge in [0.05, 0.1) is 11.9 Å².